The summed E-state index contributed by atoms with van der Waals surface area (Å²) < 4.78 is 28.5. The third-order valence-electron chi connectivity index (χ3n) is 4.06. The zero-order valence-corrected chi connectivity index (χ0v) is 17.7. The Kier molecular flexibility index (Phi) is 7.78. The predicted molar refractivity (Wildman–Crippen MR) is 111 cm³/mol. The van der Waals surface area contributed by atoms with E-state index in [2.05, 4.69) is 23.4 Å². The topological polar surface area (TPSA) is 87.9 Å². The Labute approximate surface area is 170 Å². The molecule has 0 spiro atoms. The fourth-order valence-corrected chi connectivity index (χ4v) is 4.90. The summed E-state index contributed by atoms with van der Waals surface area (Å²) in [5, 5.41) is 8.59. The number of pyridine rings is 1. The number of thioether (sulfide) groups is 1. The summed E-state index contributed by atoms with van der Waals surface area (Å²) in [6.45, 7) is 12.5. The van der Waals surface area contributed by atoms with E-state index >= 15 is 0 Å². The fourth-order valence-electron chi connectivity index (χ4n) is 2.62. The molecule has 0 unspecified atom stereocenters. The average Bonchev–Trinajstić information content (AvgIpc) is 3.09. The van der Waals surface area contributed by atoms with E-state index < -0.39 is 10.0 Å². The summed E-state index contributed by atoms with van der Waals surface area (Å²) in [6, 6.07) is 3.13. The number of aromatic nitrogens is 3. The van der Waals surface area contributed by atoms with E-state index in [1.165, 1.54) is 28.3 Å². The lowest BCUT2D eigenvalue weighted by atomic mass is 10.4. The van der Waals surface area contributed by atoms with E-state index in [0.29, 0.717) is 37.0 Å². The Bertz CT molecular complexity index is 941. The van der Waals surface area contributed by atoms with Crippen molar-refractivity contribution in [2.75, 3.05) is 31.9 Å². The van der Waals surface area contributed by atoms with Crippen LogP contribution in [0.15, 0.2) is 53.7 Å². The third-order valence-corrected chi connectivity index (χ3v) is 7.02. The summed E-state index contributed by atoms with van der Waals surface area (Å²) >= 11 is 1.21. The quantitative estimate of drug-likeness (QED) is 0.406. The van der Waals surface area contributed by atoms with Gasteiger partial charge in [-0.2, -0.15) is 4.31 Å². The first-order chi connectivity index (χ1) is 13.4. The second-order valence-corrected chi connectivity index (χ2v) is 8.71. The molecule has 152 valence electrons. The first-order valence-electron chi connectivity index (χ1n) is 8.86. The summed E-state index contributed by atoms with van der Waals surface area (Å²) in [6.07, 6.45) is 4.81. The highest BCUT2D eigenvalue weighted by Crippen LogP contribution is 2.21. The van der Waals surface area contributed by atoms with E-state index in [1.54, 1.807) is 41.4 Å². The SMILES string of the molecule is C=CCN(CC=C)C(=O)CSc1nnc2ccc(S(=O)(=O)N(CC)CC)cn12. The van der Waals surface area contributed by atoms with Gasteiger partial charge < -0.3 is 4.90 Å². The van der Waals surface area contributed by atoms with Crippen LogP contribution in [0.4, 0.5) is 0 Å². The lowest BCUT2D eigenvalue weighted by Crippen LogP contribution is -2.32. The fraction of sp³-hybridized carbons (Fsp3) is 0.389. The molecule has 0 saturated heterocycles. The largest absolute Gasteiger partial charge is 0.335 e. The van der Waals surface area contributed by atoms with Gasteiger partial charge in [-0.05, 0) is 12.1 Å². The van der Waals surface area contributed by atoms with E-state index in [-0.39, 0.29) is 16.6 Å². The molecule has 0 aliphatic carbocycles. The van der Waals surface area contributed by atoms with Crippen LogP contribution in [0, 0.1) is 0 Å². The summed E-state index contributed by atoms with van der Waals surface area (Å²) in [7, 11) is -3.60. The van der Waals surface area contributed by atoms with Crippen LogP contribution >= 0.6 is 11.8 Å². The van der Waals surface area contributed by atoms with Crippen LogP contribution in [0.25, 0.3) is 5.65 Å². The summed E-state index contributed by atoms with van der Waals surface area (Å²) in [5.41, 5.74) is 0.516. The first kappa shape index (κ1) is 22.1. The molecule has 2 rings (SSSR count). The molecule has 0 saturated carbocycles. The molecule has 2 aromatic heterocycles. The average molecular weight is 424 g/mol. The Morgan fingerprint density at radius 2 is 1.82 bits per heavy atom. The van der Waals surface area contributed by atoms with Gasteiger partial charge in [-0.25, -0.2) is 8.42 Å². The monoisotopic (exact) mass is 423 g/mol. The highest BCUT2D eigenvalue weighted by molar-refractivity contribution is 7.99. The van der Waals surface area contributed by atoms with Gasteiger partial charge in [0.05, 0.1) is 10.6 Å². The van der Waals surface area contributed by atoms with Gasteiger partial charge in [0.2, 0.25) is 15.9 Å². The van der Waals surface area contributed by atoms with Crippen molar-refractivity contribution in [2.45, 2.75) is 23.9 Å². The number of nitrogens with zero attached hydrogens (tertiary/aromatic N) is 5. The van der Waals surface area contributed by atoms with E-state index in [1.807, 2.05) is 0 Å². The molecule has 0 fully saturated rings. The molecule has 10 heteroatoms. The van der Waals surface area contributed by atoms with Crippen LogP contribution in [0.5, 0.6) is 0 Å². The van der Waals surface area contributed by atoms with Gasteiger partial charge in [0.25, 0.3) is 0 Å². The summed E-state index contributed by atoms with van der Waals surface area (Å²) in [4.78, 5) is 14.2. The minimum atomic E-state index is -3.60. The van der Waals surface area contributed by atoms with Gasteiger partial charge >= 0.3 is 0 Å². The second-order valence-electron chi connectivity index (χ2n) is 5.83. The van der Waals surface area contributed by atoms with Crippen molar-refractivity contribution in [1.29, 1.82) is 0 Å². The maximum absolute atomic E-state index is 12.8. The second kappa shape index (κ2) is 9.85. The standard InChI is InChI=1S/C18H25N5O3S2/c1-5-11-21(12-6-2)17(24)14-27-18-20-19-16-10-9-15(13-23(16)18)28(25,26)22(7-3)8-4/h5-6,9-10,13H,1-2,7-8,11-12,14H2,3-4H3. The van der Waals surface area contributed by atoms with E-state index in [9.17, 15) is 13.2 Å². The smallest absolute Gasteiger partial charge is 0.244 e. The Balaban J connectivity index is 2.26. The molecule has 0 radical (unpaired) electrons. The zero-order chi connectivity index (χ0) is 20.7. The molecule has 0 atom stereocenters. The highest BCUT2D eigenvalue weighted by Gasteiger charge is 2.23. The number of rotatable bonds is 11. The third kappa shape index (κ3) is 4.81. The van der Waals surface area contributed by atoms with Crippen molar-refractivity contribution in [3.05, 3.63) is 43.6 Å². The molecule has 0 aliphatic heterocycles. The zero-order valence-electron chi connectivity index (χ0n) is 16.1. The van der Waals surface area contributed by atoms with Crippen molar-refractivity contribution in [2.24, 2.45) is 0 Å². The maximum atomic E-state index is 12.8. The van der Waals surface area contributed by atoms with Gasteiger partial charge in [-0.1, -0.05) is 37.8 Å². The Morgan fingerprint density at radius 3 is 2.39 bits per heavy atom. The van der Waals surface area contributed by atoms with Gasteiger partial charge in [0.1, 0.15) is 0 Å². The molecule has 1 amide bonds. The minimum absolute atomic E-state index is 0.0894. The first-order valence-corrected chi connectivity index (χ1v) is 11.3. The van der Waals surface area contributed by atoms with E-state index in [0.717, 1.165) is 0 Å². The van der Waals surface area contributed by atoms with Gasteiger partial charge in [0.15, 0.2) is 10.8 Å². The molecule has 28 heavy (non-hydrogen) atoms. The molecule has 0 N–H and O–H groups in total. The van der Waals surface area contributed by atoms with Gasteiger partial charge in [-0.15, -0.1) is 23.4 Å². The molecule has 8 nitrogen and oxygen atoms in total. The number of carbonyl (C=O) groups is 1. The van der Waals surface area contributed by atoms with Crippen LogP contribution in [-0.4, -0.2) is 70.1 Å². The van der Waals surface area contributed by atoms with Crippen LogP contribution in [0.2, 0.25) is 0 Å². The van der Waals surface area contributed by atoms with Crippen LogP contribution in [0.3, 0.4) is 0 Å². The van der Waals surface area contributed by atoms with Crippen LogP contribution in [-0.2, 0) is 14.8 Å². The van der Waals surface area contributed by atoms with Crippen LogP contribution < -0.4 is 0 Å². The number of amides is 1. The summed E-state index contributed by atoms with van der Waals surface area (Å²) in [5.74, 6) is 0.0589. The van der Waals surface area contributed by atoms with Crippen molar-refractivity contribution in [3.63, 3.8) is 0 Å². The van der Waals surface area contributed by atoms with Crippen molar-refractivity contribution >= 4 is 33.3 Å². The number of carbonyl (C=O) groups excluding carboxylic acids is 1. The van der Waals surface area contributed by atoms with E-state index in [4.69, 9.17) is 0 Å². The molecule has 0 aliphatic rings. The van der Waals surface area contributed by atoms with Crippen molar-refractivity contribution in [1.82, 2.24) is 23.8 Å². The number of sulfonamides is 1. The van der Waals surface area contributed by atoms with Gasteiger partial charge in [-0.3, -0.25) is 9.20 Å². The van der Waals surface area contributed by atoms with Crippen molar-refractivity contribution in [3.8, 4) is 0 Å². The predicted octanol–water partition coefficient (Wildman–Crippen LogP) is 2.05. The normalized spacial score (nSPS) is 11.7. The molecule has 2 heterocycles. The number of hydrogen-bond donors (Lipinski definition) is 0. The Morgan fingerprint density at radius 1 is 1.18 bits per heavy atom. The lowest BCUT2D eigenvalue weighted by molar-refractivity contribution is -0.127. The maximum Gasteiger partial charge on any atom is 0.244 e. The van der Waals surface area contributed by atoms with Crippen molar-refractivity contribution < 1.29 is 13.2 Å². The molecule has 0 aromatic carbocycles. The molecular weight excluding hydrogens is 398 g/mol. The molecule has 0 bridgehead atoms. The molecular formula is C18H25N5O3S2. The number of fused-ring (bicyclic) bond motifs is 1. The number of hydrogen-bond acceptors (Lipinski definition) is 6. The molecule has 2 aromatic rings. The van der Waals surface area contributed by atoms with Gasteiger partial charge in [0, 0.05) is 32.4 Å². The minimum Gasteiger partial charge on any atom is -0.335 e. The van der Waals surface area contributed by atoms with Crippen LogP contribution in [0.1, 0.15) is 13.8 Å². The highest BCUT2D eigenvalue weighted by atomic mass is 32.2. The lowest BCUT2D eigenvalue weighted by Gasteiger charge is -2.19. The Hall–Kier alpha value is -2.17.